The number of halogens is 2. The first-order valence-corrected chi connectivity index (χ1v) is 7.94. The molecule has 0 bridgehead atoms. The van der Waals surface area contributed by atoms with Crippen LogP contribution in [0.15, 0.2) is 12.1 Å². The van der Waals surface area contributed by atoms with E-state index < -0.39 is 17.4 Å². The number of phenols is 1. The van der Waals surface area contributed by atoms with Crippen molar-refractivity contribution in [2.45, 2.75) is 11.8 Å². The summed E-state index contributed by atoms with van der Waals surface area (Å²) in [4.78, 5) is 0. The first-order valence-electron chi connectivity index (χ1n) is 5.74. The number of aromatic hydroxyl groups is 1. The third kappa shape index (κ3) is 3.76. The van der Waals surface area contributed by atoms with Gasteiger partial charge in [0.15, 0.2) is 17.4 Å². The average molecular weight is 291 g/mol. The minimum absolute atomic E-state index is 0.413. The minimum Gasteiger partial charge on any atom is -0.503 e. The molecule has 0 aliphatic carbocycles. The highest BCUT2D eigenvalue weighted by Crippen LogP contribution is 2.24. The summed E-state index contributed by atoms with van der Waals surface area (Å²) < 4.78 is 26.2. The van der Waals surface area contributed by atoms with Gasteiger partial charge in [-0.15, -0.1) is 0 Å². The highest BCUT2D eigenvalue weighted by atomic mass is 32.2. The van der Waals surface area contributed by atoms with Crippen molar-refractivity contribution in [3.8, 4) is 5.75 Å². The van der Waals surface area contributed by atoms with Crippen molar-refractivity contribution in [2.24, 2.45) is 0 Å². The first-order chi connectivity index (χ1) is 8.66. The molecule has 1 aromatic carbocycles. The molecule has 1 heterocycles. The molecule has 2 rings (SSSR count). The largest absolute Gasteiger partial charge is 0.503 e. The molecule has 2 nitrogen and oxygen atoms in total. The Hall–Kier alpha value is -0.460. The van der Waals surface area contributed by atoms with Crippen molar-refractivity contribution >= 4 is 23.5 Å². The van der Waals surface area contributed by atoms with E-state index in [9.17, 15) is 8.78 Å². The van der Waals surface area contributed by atoms with Gasteiger partial charge in [0.25, 0.3) is 0 Å². The molecule has 1 aliphatic heterocycles. The summed E-state index contributed by atoms with van der Waals surface area (Å²) in [5, 5.41) is 12.7. The summed E-state index contributed by atoms with van der Waals surface area (Å²) in [6, 6.07) is 2.32. The topological polar surface area (TPSA) is 32.3 Å². The summed E-state index contributed by atoms with van der Waals surface area (Å²) in [5.74, 6) is 0.770. The maximum atomic E-state index is 13.1. The molecule has 1 aliphatic rings. The van der Waals surface area contributed by atoms with Gasteiger partial charge in [0.05, 0.1) is 0 Å². The van der Waals surface area contributed by atoms with Gasteiger partial charge in [-0.05, 0) is 17.7 Å². The molecular weight excluding hydrogens is 276 g/mol. The van der Waals surface area contributed by atoms with Crippen LogP contribution >= 0.6 is 23.5 Å². The Morgan fingerprint density at radius 1 is 1.28 bits per heavy atom. The zero-order valence-electron chi connectivity index (χ0n) is 9.79. The zero-order chi connectivity index (χ0) is 13.0. The lowest BCUT2D eigenvalue weighted by atomic mass is 10.2. The summed E-state index contributed by atoms with van der Waals surface area (Å²) in [6.45, 7) is 1.25. The minimum atomic E-state index is -0.908. The Labute approximate surface area is 114 Å². The Morgan fingerprint density at radius 2 is 2.00 bits per heavy atom. The second kappa shape index (κ2) is 6.63. The Kier molecular flexibility index (Phi) is 5.14. The molecule has 0 radical (unpaired) electrons. The molecule has 1 atom stereocenters. The lowest BCUT2D eigenvalue weighted by molar-refractivity contribution is 0.395. The Balaban J connectivity index is 1.82. The van der Waals surface area contributed by atoms with Crippen LogP contribution in [0.2, 0.25) is 0 Å². The summed E-state index contributed by atoms with van der Waals surface area (Å²) >= 11 is 3.88. The Morgan fingerprint density at radius 3 is 2.61 bits per heavy atom. The van der Waals surface area contributed by atoms with Gasteiger partial charge in [-0.2, -0.15) is 23.5 Å². The molecule has 1 aromatic rings. The molecule has 1 fully saturated rings. The highest BCUT2D eigenvalue weighted by molar-refractivity contribution is 8.06. The SMILES string of the molecule is Oc1c(F)cc(CNCC2CSCCS2)cc1F. The fourth-order valence-electron chi connectivity index (χ4n) is 1.75. The smallest absolute Gasteiger partial charge is 0.187 e. The van der Waals surface area contributed by atoms with E-state index in [1.807, 2.05) is 23.5 Å². The van der Waals surface area contributed by atoms with E-state index in [4.69, 9.17) is 5.11 Å². The predicted molar refractivity (Wildman–Crippen MR) is 73.3 cm³/mol. The van der Waals surface area contributed by atoms with Crippen molar-refractivity contribution in [3.05, 3.63) is 29.3 Å². The van der Waals surface area contributed by atoms with Crippen LogP contribution in [0.1, 0.15) is 5.56 Å². The molecule has 18 heavy (non-hydrogen) atoms. The van der Waals surface area contributed by atoms with Gasteiger partial charge in [-0.25, -0.2) is 8.78 Å². The van der Waals surface area contributed by atoms with Gasteiger partial charge >= 0.3 is 0 Å². The number of hydrogen-bond donors (Lipinski definition) is 2. The second-order valence-electron chi connectivity index (χ2n) is 4.11. The van der Waals surface area contributed by atoms with Gasteiger partial charge < -0.3 is 10.4 Å². The molecule has 0 amide bonds. The molecule has 1 unspecified atom stereocenters. The third-order valence-corrected chi connectivity index (χ3v) is 5.51. The van der Waals surface area contributed by atoms with Gasteiger partial charge in [0, 0.05) is 35.6 Å². The number of phenolic OH excluding ortho intramolecular Hbond substituents is 1. The van der Waals surface area contributed by atoms with Gasteiger partial charge in [-0.1, -0.05) is 0 Å². The fraction of sp³-hybridized carbons (Fsp3) is 0.500. The number of rotatable bonds is 4. The second-order valence-corrected chi connectivity index (χ2v) is 6.66. The van der Waals surface area contributed by atoms with E-state index in [1.54, 1.807) is 0 Å². The molecule has 0 aromatic heterocycles. The lowest BCUT2D eigenvalue weighted by Gasteiger charge is -2.21. The van der Waals surface area contributed by atoms with E-state index >= 15 is 0 Å². The number of nitrogens with one attached hydrogen (secondary N) is 1. The van der Waals surface area contributed by atoms with Crippen LogP contribution in [0.4, 0.5) is 8.78 Å². The highest BCUT2D eigenvalue weighted by Gasteiger charge is 2.14. The van der Waals surface area contributed by atoms with E-state index in [-0.39, 0.29) is 0 Å². The summed E-state index contributed by atoms with van der Waals surface area (Å²) in [5.41, 5.74) is 0.510. The van der Waals surface area contributed by atoms with Crippen molar-refractivity contribution in [1.82, 2.24) is 5.32 Å². The van der Waals surface area contributed by atoms with Crippen molar-refractivity contribution in [1.29, 1.82) is 0 Å². The van der Waals surface area contributed by atoms with Crippen LogP contribution in [-0.2, 0) is 6.54 Å². The van der Waals surface area contributed by atoms with Crippen molar-refractivity contribution < 1.29 is 13.9 Å². The van der Waals surface area contributed by atoms with Gasteiger partial charge in [0.2, 0.25) is 0 Å². The molecule has 6 heteroatoms. The third-order valence-electron chi connectivity index (χ3n) is 2.66. The van der Waals surface area contributed by atoms with E-state index in [1.165, 1.54) is 11.5 Å². The van der Waals surface area contributed by atoms with Crippen molar-refractivity contribution in [3.63, 3.8) is 0 Å². The average Bonchev–Trinajstić information content (AvgIpc) is 2.37. The molecular formula is C12H15F2NOS2. The van der Waals surface area contributed by atoms with Crippen LogP contribution in [0, 0.1) is 11.6 Å². The van der Waals surface area contributed by atoms with E-state index in [0.29, 0.717) is 17.4 Å². The maximum Gasteiger partial charge on any atom is 0.187 e. The number of thioether (sulfide) groups is 2. The Bertz CT molecular complexity index is 388. The monoisotopic (exact) mass is 291 g/mol. The normalized spacial score (nSPS) is 20.0. The summed E-state index contributed by atoms with van der Waals surface area (Å²) in [6.07, 6.45) is 0. The summed E-state index contributed by atoms with van der Waals surface area (Å²) in [7, 11) is 0. The number of hydrogen-bond acceptors (Lipinski definition) is 4. The molecule has 0 saturated carbocycles. The maximum absolute atomic E-state index is 13.1. The molecule has 1 saturated heterocycles. The van der Waals surface area contributed by atoms with Gasteiger partial charge in [-0.3, -0.25) is 0 Å². The lowest BCUT2D eigenvalue weighted by Crippen LogP contribution is -2.28. The van der Waals surface area contributed by atoms with Crippen LogP contribution in [0.3, 0.4) is 0 Å². The molecule has 2 N–H and O–H groups in total. The van der Waals surface area contributed by atoms with Gasteiger partial charge in [0.1, 0.15) is 0 Å². The number of benzene rings is 1. The van der Waals surface area contributed by atoms with E-state index in [2.05, 4.69) is 5.32 Å². The quantitative estimate of drug-likeness (QED) is 0.893. The van der Waals surface area contributed by atoms with Crippen LogP contribution in [0.25, 0.3) is 0 Å². The standard InChI is InChI=1S/C12H15F2NOS2/c13-10-3-8(4-11(14)12(10)16)5-15-6-9-7-17-1-2-18-9/h3-4,9,15-16H,1-2,5-7H2. The van der Waals surface area contributed by atoms with Crippen LogP contribution in [0.5, 0.6) is 5.75 Å². The molecule has 0 spiro atoms. The van der Waals surface area contributed by atoms with E-state index in [0.717, 1.165) is 24.4 Å². The molecule has 100 valence electrons. The first kappa shape index (κ1) is 14.0. The van der Waals surface area contributed by atoms with Crippen molar-refractivity contribution in [2.75, 3.05) is 23.8 Å². The zero-order valence-corrected chi connectivity index (χ0v) is 11.4. The van der Waals surface area contributed by atoms with Crippen LogP contribution in [-0.4, -0.2) is 34.2 Å². The van der Waals surface area contributed by atoms with Crippen LogP contribution < -0.4 is 5.32 Å². The predicted octanol–water partition coefficient (Wildman–Crippen LogP) is 2.61. The fourth-order valence-corrected chi connectivity index (χ4v) is 4.40.